The van der Waals surface area contributed by atoms with Crippen LogP contribution in [0.15, 0.2) is 18.2 Å². The summed E-state index contributed by atoms with van der Waals surface area (Å²) in [6.45, 7) is 7.94. The van der Waals surface area contributed by atoms with Crippen molar-refractivity contribution in [2.75, 3.05) is 13.1 Å². The Morgan fingerprint density at radius 3 is 2.56 bits per heavy atom. The molecular weight excluding hydrogens is 269 g/mol. The molecule has 1 aromatic rings. The van der Waals surface area contributed by atoms with Crippen LogP contribution in [0.4, 0.5) is 0 Å². The molecule has 0 saturated carbocycles. The van der Waals surface area contributed by atoms with Crippen molar-refractivity contribution in [3.8, 4) is 0 Å². The van der Waals surface area contributed by atoms with Crippen molar-refractivity contribution in [3.63, 3.8) is 0 Å². The minimum absolute atomic E-state index is 0.297. The molecule has 0 spiro atoms. The Morgan fingerprint density at radius 2 is 1.94 bits per heavy atom. The van der Waals surface area contributed by atoms with Gasteiger partial charge >= 0.3 is 0 Å². The summed E-state index contributed by atoms with van der Waals surface area (Å²) in [6.07, 6.45) is 0.430. The highest BCUT2D eigenvalue weighted by molar-refractivity contribution is 6.33. The van der Waals surface area contributed by atoms with E-state index in [1.807, 2.05) is 0 Å². The minimum atomic E-state index is -0.629. The number of nitrogens with one attached hydrogen (secondary N) is 1. The first-order chi connectivity index (χ1) is 8.29. The van der Waals surface area contributed by atoms with Gasteiger partial charge in [-0.25, -0.2) is 0 Å². The van der Waals surface area contributed by atoms with Gasteiger partial charge in [0, 0.05) is 22.2 Å². The summed E-state index contributed by atoms with van der Waals surface area (Å²) in [5.41, 5.74) is 0.971. The number of rotatable bonds is 5. The molecule has 0 radical (unpaired) electrons. The molecular formula is C14H21Cl2NO. The van der Waals surface area contributed by atoms with Gasteiger partial charge in [-0.15, -0.1) is 0 Å². The number of hydrogen-bond donors (Lipinski definition) is 2. The maximum absolute atomic E-state index is 10.0. The van der Waals surface area contributed by atoms with E-state index in [-0.39, 0.29) is 0 Å². The highest BCUT2D eigenvalue weighted by Crippen LogP contribution is 2.26. The fourth-order valence-electron chi connectivity index (χ4n) is 1.58. The Kier molecular flexibility index (Phi) is 5.93. The molecule has 0 aliphatic heterocycles. The van der Waals surface area contributed by atoms with Crippen LogP contribution in [0.5, 0.6) is 0 Å². The number of aliphatic hydroxyl groups is 1. The first-order valence-corrected chi connectivity index (χ1v) is 6.89. The van der Waals surface area contributed by atoms with E-state index < -0.39 is 6.10 Å². The van der Waals surface area contributed by atoms with Crippen LogP contribution in [0.3, 0.4) is 0 Å². The lowest BCUT2D eigenvalue weighted by Crippen LogP contribution is -2.25. The molecule has 0 amide bonds. The van der Waals surface area contributed by atoms with Gasteiger partial charge in [-0.05, 0) is 36.6 Å². The average molecular weight is 290 g/mol. The molecule has 4 heteroatoms. The van der Waals surface area contributed by atoms with Crippen molar-refractivity contribution in [3.05, 3.63) is 33.8 Å². The highest BCUT2D eigenvalue weighted by atomic mass is 35.5. The molecule has 0 aliphatic carbocycles. The van der Waals surface area contributed by atoms with Gasteiger partial charge in [0.15, 0.2) is 0 Å². The highest BCUT2D eigenvalue weighted by Gasteiger charge is 2.13. The lowest BCUT2D eigenvalue weighted by molar-refractivity contribution is 0.173. The number of aliphatic hydroxyl groups excluding tert-OH is 1. The first-order valence-electron chi connectivity index (χ1n) is 6.13. The Bertz CT molecular complexity index is 388. The Hall–Kier alpha value is -0.280. The maximum Gasteiger partial charge on any atom is 0.0929 e. The molecule has 0 fully saturated rings. The number of hydrogen-bond acceptors (Lipinski definition) is 2. The summed E-state index contributed by atoms with van der Waals surface area (Å²) in [5.74, 6) is 0. The van der Waals surface area contributed by atoms with Gasteiger partial charge in [-0.2, -0.15) is 0 Å². The quantitative estimate of drug-likeness (QED) is 0.802. The average Bonchev–Trinajstić information content (AvgIpc) is 2.26. The van der Waals surface area contributed by atoms with E-state index in [0.29, 0.717) is 27.6 Å². The third-order valence-electron chi connectivity index (χ3n) is 2.71. The van der Waals surface area contributed by atoms with E-state index in [2.05, 4.69) is 26.1 Å². The zero-order valence-corrected chi connectivity index (χ0v) is 12.6. The van der Waals surface area contributed by atoms with Crippen LogP contribution in [0.25, 0.3) is 0 Å². The second-order valence-corrected chi connectivity index (χ2v) is 6.54. The minimum Gasteiger partial charge on any atom is -0.387 e. The van der Waals surface area contributed by atoms with Crippen LogP contribution in [0, 0.1) is 5.41 Å². The van der Waals surface area contributed by atoms with Crippen LogP contribution in [0.1, 0.15) is 38.9 Å². The summed E-state index contributed by atoms with van der Waals surface area (Å²) in [4.78, 5) is 0. The fourth-order valence-corrected chi connectivity index (χ4v) is 2.01. The fraction of sp³-hybridized carbons (Fsp3) is 0.571. The first kappa shape index (κ1) is 15.8. The molecule has 2 N–H and O–H groups in total. The molecule has 1 atom stereocenters. The van der Waals surface area contributed by atoms with Gasteiger partial charge in [-0.3, -0.25) is 0 Å². The van der Waals surface area contributed by atoms with Gasteiger partial charge in [0.25, 0.3) is 0 Å². The molecule has 2 nitrogen and oxygen atoms in total. The van der Waals surface area contributed by atoms with Crippen LogP contribution < -0.4 is 5.32 Å². The van der Waals surface area contributed by atoms with E-state index in [0.717, 1.165) is 13.0 Å². The van der Waals surface area contributed by atoms with Gasteiger partial charge in [-0.1, -0.05) is 44.0 Å². The van der Waals surface area contributed by atoms with Gasteiger partial charge < -0.3 is 10.4 Å². The molecule has 0 bridgehead atoms. The molecule has 1 aromatic carbocycles. The summed E-state index contributed by atoms with van der Waals surface area (Å²) in [6, 6.07) is 5.13. The van der Waals surface area contributed by atoms with Crippen molar-refractivity contribution in [2.24, 2.45) is 5.41 Å². The summed E-state index contributed by atoms with van der Waals surface area (Å²) >= 11 is 11.9. The number of benzene rings is 1. The predicted molar refractivity (Wildman–Crippen MR) is 78.4 cm³/mol. The summed E-state index contributed by atoms with van der Waals surface area (Å²) in [7, 11) is 0. The van der Waals surface area contributed by atoms with Crippen LogP contribution in [0.2, 0.25) is 10.0 Å². The molecule has 0 saturated heterocycles. The van der Waals surface area contributed by atoms with E-state index in [1.54, 1.807) is 18.2 Å². The van der Waals surface area contributed by atoms with Crippen LogP contribution in [-0.4, -0.2) is 18.2 Å². The predicted octanol–water partition coefficient (Wildman–Crippen LogP) is 4.05. The maximum atomic E-state index is 10.0. The second-order valence-electron chi connectivity index (χ2n) is 5.70. The van der Waals surface area contributed by atoms with Crippen molar-refractivity contribution in [1.82, 2.24) is 5.32 Å². The molecule has 0 heterocycles. The zero-order valence-electron chi connectivity index (χ0n) is 11.1. The van der Waals surface area contributed by atoms with E-state index in [1.165, 1.54) is 0 Å². The van der Waals surface area contributed by atoms with Gasteiger partial charge in [0.1, 0.15) is 0 Å². The standard InChI is InChI=1S/C14H21Cl2NO/c1-14(2,3)6-7-17-9-13(18)11-8-10(15)4-5-12(11)16/h4-5,8,13,17-18H,6-7,9H2,1-3H3. The smallest absolute Gasteiger partial charge is 0.0929 e. The Balaban J connectivity index is 2.45. The largest absolute Gasteiger partial charge is 0.387 e. The topological polar surface area (TPSA) is 32.3 Å². The van der Waals surface area contributed by atoms with Gasteiger partial charge in [0.05, 0.1) is 6.10 Å². The Morgan fingerprint density at radius 1 is 1.28 bits per heavy atom. The van der Waals surface area contributed by atoms with Crippen molar-refractivity contribution in [1.29, 1.82) is 0 Å². The normalized spacial score (nSPS) is 13.7. The summed E-state index contributed by atoms with van der Waals surface area (Å²) < 4.78 is 0. The van der Waals surface area contributed by atoms with E-state index >= 15 is 0 Å². The van der Waals surface area contributed by atoms with E-state index in [9.17, 15) is 5.11 Å². The number of halogens is 2. The van der Waals surface area contributed by atoms with Gasteiger partial charge in [0.2, 0.25) is 0 Å². The van der Waals surface area contributed by atoms with Crippen molar-refractivity contribution >= 4 is 23.2 Å². The van der Waals surface area contributed by atoms with Crippen LogP contribution in [-0.2, 0) is 0 Å². The third-order valence-corrected chi connectivity index (χ3v) is 3.29. The molecule has 1 rings (SSSR count). The zero-order chi connectivity index (χ0) is 13.8. The molecule has 18 heavy (non-hydrogen) atoms. The third kappa shape index (κ3) is 5.57. The molecule has 0 aromatic heterocycles. The lowest BCUT2D eigenvalue weighted by Gasteiger charge is -2.19. The van der Waals surface area contributed by atoms with Crippen LogP contribution >= 0.6 is 23.2 Å². The molecule has 1 unspecified atom stereocenters. The SMILES string of the molecule is CC(C)(C)CCNCC(O)c1cc(Cl)ccc1Cl. The second kappa shape index (κ2) is 6.76. The van der Waals surface area contributed by atoms with E-state index in [4.69, 9.17) is 23.2 Å². The molecule has 102 valence electrons. The van der Waals surface area contributed by atoms with Crippen molar-refractivity contribution in [2.45, 2.75) is 33.3 Å². The lowest BCUT2D eigenvalue weighted by atomic mass is 9.92. The molecule has 0 aliphatic rings. The summed E-state index contributed by atoms with van der Waals surface area (Å²) in [5, 5.41) is 14.4. The Labute approximate surface area is 119 Å². The monoisotopic (exact) mass is 289 g/mol. The van der Waals surface area contributed by atoms with Crippen molar-refractivity contribution < 1.29 is 5.11 Å².